The van der Waals surface area contributed by atoms with Gasteiger partial charge in [-0.25, -0.2) is 10.0 Å². The van der Waals surface area contributed by atoms with E-state index in [1.54, 1.807) is 0 Å². The fourth-order valence-electron chi connectivity index (χ4n) is 5.34. The van der Waals surface area contributed by atoms with Crippen molar-refractivity contribution in [2.75, 3.05) is 6.54 Å². The van der Waals surface area contributed by atoms with E-state index in [4.69, 9.17) is 23.2 Å². The Morgan fingerprint density at radius 1 is 0.489 bits per heavy atom. The topological polar surface area (TPSA) is 6.48 Å². The molecule has 45 heavy (non-hydrogen) atoms. The van der Waals surface area contributed by atoms with E-state index in [0.717, 1.165) is 34.0 Å². The molecule has 234 valence electrons. The third kappa shape index (κ3) is 8.00. The van der Waals surface area contributed by atoms with Crippen molar-refractivity contribution in [2.45, 2.75) is 38.4 Å². The molecule has 10 heteroatoms. The second-order valence-corrected chi connectivity index (χ2v) is 11.4. The van der Waals surface area contributed by atoms with Crippen LogP contribution in [-0.2, 0) is 38.4 Å². The lowest BCUT2D eigenvalue weighted by molar-refractivity contribution is -0.138. The Balaban J connectivity index is 1.60. The molecular weight excluding hydrogens is 633 g/mol. The molecule has 0 N–H and O–H groups in total. The van der Waals surface area contributed by atoms with E-state index >= 15 is 0 Å². The Morgan fingerprint density at radius 3 is 1.56 bits per heavy atom. The van der Waals surface area contributed by atoms with Crippen molar-refractivity contribution in [1.29, 1.82) is 0 Å². The summed E-state index contributed by atoms with van der Waals surface area (Å²) in [7, 11) is 0. The van der Waals surface area contributed by atoms with Crippen LogP contribution in [0.25, 0.3) is 10.8 Å². The number of halogens is 8. The van der Waals surface area contributed by atoms with E-state index in [2.05, 4.69) is 0 Å². The molecular formula is C35H28Cl2F6N2. The number of nitrogens with zero attached hydrogens (tertiary/aromatic N) is 2. The summed E-state index contributed by atoms with van der Waals surface area (Å²) in [6.07, 6.45) is -8.80. The average molecular weight is 662 g/mol. The van der Waals surface area contributed by atoms with Gasteiger partial charge in [-0.15, -0.1) is 0 Å². The quantitative estimate of drug-likeness (QED) is 0.109. The molecule has 0 heterocycles. The molecule has 0 unspecified atom stereocenters. The monoisotopic (exact) mass is 660 g/mol. The summed E-state index contributed by atoms with van der Waals surface area (Å²) >= 11 is 12.7. The molecule has 2 nitrogen and oxygen atoms in total. The molecule has 0 aliphatic rings. The first-order valence-corrected chi connectivity index (χ1v) is 14.9. The molecule has 0 radical (unpaired) electrons. The highest BCUT2D eigenvalue weighted by Gasteiger charge is 2.35. The largest absolute Gasteiger partial charge is 0.417 e. The molecule has 0 aliphatic heterocycles. The SMILES string of the molecule is FC(F)(F)c1cccc(CN(CCc2ccccc2)N(Cc2cccc(C(F)(F)F)c2Cl)Cc2cccc3ccccc23)c1Cl. The van der Waals surface area contributed by atoms with Crippen LogP contribution in [0.5, 0.6) is 0 Å². The Bertz CT molecular complexity index is 1750. The van der Waals surface area contributed by atoms with E-state index < -0.39 is 33.5 Å². The second kappa shape index (κ2) is 13.8. The van der Waals surface area contributed by atoms with Crippen molar-refractivity contribution in [1.82, 2.24) is 10.0 Å². The van der Waals surface area contributed by atoms with Gasteiger partial charge in [-0.05, 0) is 51.6 Å². The summed E-state index contributed by atoms with van der Waals surface area (Å²) in [5.41, 5.74) is 0.426. The fourth-order valence-corrected chi connectivity index (χ4v) is 5.93. The summed E-state index contributed by atoms with van der Waals surface area (Å²) in [4.78, 5) is 0. The van der Waals surface area contributed by atoms with Gasteiger partial charge in [0.15, 0.2) is 0 Å². The van der Waals surface area contributed by atoms with Crippen LogP contribution in [0, 0.1) is 0 Å². The zero-order valence-corrected chi connectivity index (χ0v) is 25.4. The van der Waals surface area contributed by atoms with Gasteiger partial charge in [-0.2, -0.15) is 26.3 Å². The van der Waals surface area contributed by atoms with Crippen molar-refractivity contribution >= 4 is 34.0 Å². The van der Waals surface area contributed by atoms with E-state index in [9.17, 15) is 26.3 Å². The first-order valence-electron chi connectivity index (χ1n) is 14.1. The summed E-state index contributed by atoms with van der Waals surface area (Å²) in [6, 6.07) is 30.6. The predicted molar refractivity (Wildman–Crippen MR) is 167 cm³/mol. The molecule has 0 saturated heterocycles. The molecule has 0 aliphatic carbocycles. The number of hydrogen-bond donors (Lipinski definition) is 0. The maximum Gasteiger partial charge on any atom is 0.417 e. The third-order valence-electron chi connectivity index (χ3n) is 7.61. The van der Waals surface area contributed by atoms with E-state index in [-0.39, 0.29) is 30.8 Å². The fraction of sp³-hybridized carbons (Fsp3) is 0.200. The number of rotatable bonds is 10. The molecule has 0 atom stereocenters. The zero-order chi connectivity index (χ0) is 32.2. The molecule has 5 aromatic carbocycles. The lowest BCUT2D eigenvalue weighted by atomic mass is 10.0. The van der Waals surface area contributed by atoms with Crippen LogP contribution in [0.2, 0.25) is 10.0 Å². The maximum absolute atomic E-state index is 13.8. The van der Waals surface area contributed by atoms with Crippen LogP contribution in [0.1, 0.15) is 33.4 Å². The standard InChI is InChI=1S/C35H28Cl2F6N2/c36-32-27(14-7-17-30(32)34(38,39)40)22-44(20-19-24-9-2-1-3-10-24)45(21-26-13-6-12-25-11-4-5-16-29(25)26)23-28-15-8-18-31(33(28)37)35(41,42)43/h1-18H,19-23H2. The van der Waals surface area contributed by atoms with Crippen molar-refractivity contribution in [2.24, 2.45) is 0 Å². The van der Waals surface area contributed by atoms with Crippen LogP contribution in [0.15, 0.2) is 109 Å². The van der Waals surface area contributed by atoms with Gasteiger partial charge in [0, 0.05) is 26.2 Å². The zero-order valence-electron chi connectivity index (χ0n) is 23.8. The van der Waals surface area contributed by atoms with Gasteiger partial charge in [0.1, 0.15) is 0 Å². The Morgan fingerprint density at radius 2 is 0.956 bits per heavy atom. The Kier molecular flexibility index (Phi) is 10.1. The highest BCUT2D eigenvalue weighted by atomic mass is 35.5. The average Bonchev–Trinajstić information content (AvgIpc) is 3.00. The lowest BCUT2D eigenvalue weighted by Crippen LogP contribution is -2.42. The number of hydrogen-bond acceptors (Lipinski definition) is 2. The maximum atomic E-state index is 13.8. The number of fused-ring (bicyclic) bond motifs is 1. The van der Waals surface area contributed by atoms with Gasteiger partial charge in [0.05, 0.1) is 21.2 Å². The Labute approximate surface area is 267 Å². The smallest absolute Gasteiger partial charge is 0.236 e. The van der Waals surface area contributed by atoms with Gasteiger partial charge >= 0.3 is 12.4 Å². The summed E-state index contributed by atoms with van der Waals surface area (Å²) in [6.45, 7) is 0.492. The highest BCUT2D eigenvalue weighted by Crippen LogP contribution is 2.38. The van der Waals surface area contributed by atoms with Crippen LogP contribution in [0.3, 0.4) is 0 Å². The molecule has 0 spiro atoms. The van der Waals surface area contributed by atoms with Gasteiger partial charge in [-0.3, -0.25) is 0 Å². The lowest BCUT2D eigenvalue weighted by Gasteiger charge is -2.36. The summed E-state index contributed by atoms with van der Waals surface area (Å²) < 4.78 is 82.8. The molecule has 5 aromatic rings. The van der Waals surface area contributed by atoms with Crippen LogP contribution in [-0.4, -0.2) is 16.6 Å². The Hall–Kier alpha value is -3.56. The molecule has 5 rings (SSSR count). The number of hydrazine groups is 1. The van der Waals surface area contributed by atoms with Crippen LogP contribution >= 0.6 is 23.2 Å². The van der Waals surface area contributed by atoms with E-state index in [0.29, 0.717) is 13.0 Å². The van der Waals surface area contributed by atoms with Crippen LogP contribution in [0.4, 0.5) is 26.3 Å². The van der Waals surface area contributed by atoms with Crippen molar-refractivity contribution in [3.05, 3.63) is 153 Å². The van der Waals surface area contributed by atoms with Crippen molar-refractivity contribution < 1.29 is 26.3 Å². The highest BCUT2D eigenvalue weighted by molar-refractivity contribution is 6.32. The van der Waals surface area contributed by atoms with Gasteiger partial charge in [0.2, 0.25) is 0 Å². The van der Waals surface area contributed by atoms with Crippen molar-refractivity contribution in [3.63, 3.8) is 0 Å². The normalized spacial score (nSPS) is 12.4. The van der Waals surface area contributed by atoms with Gasteiger partial charge < -0.3 is 0 Å². The number of benzene rings is 5. The minimum atomic E-state index is -4.66. The summed E-state index contributed by atoms with van der Waals surface area (Å²) in [5, 5.41) is 4.75. The van der Waals surface area contributed by atoms with Crippen LogP contribution < -0.4 is 0 Å². The first-order chi connectivity index (χ1) is 21.4. The molecule has 0 bridgehead atoms. The predicted octanol–water partition coefficient (Wildman–Crippen LogP) is 10.8. The number of alkyl halides is 6. The van der Waals surface area contributed by atoms with Gasteiger partial charge in [0.25, 0.3) is 0 Å². The molecule has 0 saturated carbocycles. The molecule has 0 aromatic heterocycles. The molecule has 0 fully saturated rings. The minimum Gasteiger partial charge on any atom is -0.236 e. The van der Waals surface area contributed by atoms with Gasteiger partial charge in [-0.1, -0.05) is 120 Å². The van der Waals surface area contributed by atoms with E-state index in [1.165, 1.54) is 24.3 Å². The first kappa shape index (κ1) is 32.8. The molecule has 0 amide bonds. The minimum absolute atomic E-state index is 0.0308. The summed E-state index contributed by atoms with van der Waals surface area (Å²) in [5.74, 6) is 0. The third-order valence-corrected chi connectivity index (χ3v) is 8.50. The van der Waals surface area contributed by atoms with Crippen molar-refractivity contribution in [3.8, 4) is 0 Å². The van der Waals surface area contributed by atoms with E-state index in [1.807, 2.05) is 82.8 Å². The second-order valence-electron chi connectivity index (χ2n) is 10.6.